The number of nitrogens with one attached hydrogen (secondary N) is 2. The molecule has 0 bridgehead atoms. The van der Waals surface area contributed by atoms with Gasteiger partial charge in [0.1, 0.15) is 17.7 Å². The summed E-state index contributed by atoms with van der Waals surface area (Å²) in [5.74, 6) is -1.15. The number of aliphatic hydroxyl groups excluding tert-OH is 1. The minimum absolute atomic E-state index is 0.0519. The molecule has 3 rings (SSSR count). The highest BCUT2D eigenvalue weighted by Gasteiger charge is 2.69. The van der Waals surface area contributed by atoms with Gasteiger partial charge in [0.15, 0.2) is 6.10 Å². The van der Waals surface area contributed by atoms with Crippen LogP contribution in [0.3, 0.4) is 0 Å². The third-order valence-electron chi connectivity index (χ3n) is 9.59. The number of alkyl carbamates (subject to hydrolysis) is 1. The van der Waals surface area contributed by atoms with Crippen LogP contribution >= 0.6 is 0 Å². The standard InChI is InChI=1S/C31H53N3O7/c1-9-11-15-19(10-2)23(33-29(39)41-30(3,4)5)27(37)34-17-20-22(31(20,6)7)24(34)26(36)32-21(16-18-13-12-14-18)25(35)28(38)40-8/h18-25,35H,9-17H2,1-8H3,(H,32,36)(H,33,39)/t19?,20?,21?,22?,23-,24-,25?/m0/s1. The number of carbonyl (C=O) groups excluding carboxylic acids is 4. The number of ether oxygens (including phenoxy) is 2. The summed E-state index contributed by atoms with van der Waals surface area (Å²) in [6, 6.07) is -2.40. The van der Waals surface area contributed by atoms with Gasteiger partial charge in [0, 0.05) is 6.54 Å². The minimum atomic E-state index is -1.49. The van der Waals surface area contributed by atoms with Gasteiger partial charge in [0.25, 0.3) is 0 Å². The zero-order valence-electron chi connectivity index (χ0n) is 26.3. The summed E-state index contributed by atoms with van der Waals surface area (Å²) in [6.07, 6.45) is 4.71. The summed E-state index contributed by atoms with van der Waals surface area (Å²) in [6.45, 7) is 14.0. The number of methoxy groups -OCH3 is 1. The Labute approximate surface area is 245 Å². The minimum Gasteiger partial charge on any atom is -0.467 e. The number of piperidine rings is 1. The fraction of sp³-hybridized carbons (Fsp3) is 0.871. The molecule has 5 unspecified atom stereocenters. The third kappa shape index (κ3) is 7.73. The van der Waals surface area contributed by atoms with E-state index < -0.39 is 41.9 Å². The molecule has 234 valence electrons. The van der Waals surface area contributed by atoms with Crippen molar-refractivity contribution in [1.29, 1.82) is 0 Å². The average Bonchev–Trinajstić information content (AvgIpc) is 3.20. The highest BCUT2D eigenvalue weighted by molar-refractivity contribution is 5.93. The quantitative estimate of drug-likeness (QED) is 0.283. The summed E-state index contributed by atoms with van der Waals surface area (Å²) in [5.41, 5.74) is -0.843. The number of likely N-dealkylation sites (tertiary alicyclic amines) is 1. The second-order valence-corrected chi connectivity index (χ2v) is 13.9. The van der Waals surface area contributed by atoms with Crippen molar-refractivity contribution in [2.75, 3.05) is 13.7 Å². The predicted molar refractivity (Wildman–Crippen MR) is 155 cm³/mol. The molecule has 1 saturated heterocycles. The molecule has 0 aromatic rings. The van der Waals surface area contributed by atoms with E-state index in [0.717, 1.165) is 38.5 Å². The molecule has 1 heterocycles. The molecule has 7 atom stereocenters. The first-order chi connectivity index (χ1) is 19.2. The van der Waals surface area contributed by atoms with Crippen LogP contribution in [-0.4, -0.2) is 77.4 Å². The molecule has 1 aliphatic heterocycles. The number of hydrogen-bond acceptors (Lipinski definition) is 7. The normalized spacial score (nSPS) is 26.1. The maximum atomic E-state index is 14.3. The van der Waals surface area contributed by atoms with Gasteiger partial charge in [-0.25, -0.2) is 9.59 Å². The summed E-state index contributed by atoms with van der Waals surface area (Å²) in [5, 5.41) is 16.5. The van der Waals surface area contributed by atoms with E-state index in [1.165, 1.54) is 7.11 Å². The molecule has 41 heavy (non-hydrogen) atoms. The molecule has 3 amide bonds. The Morgan fingerprint density at radius 1 is 1.10 bits per heavy atom. The van der Waals surface area contributed by atoms with Crippen molar-refractivity contribution in [3.05, 3.63) is 0 Å². The van der Waals surface area contributed by atoms with E-state index in [1.54, 1.807) is 25.7 Å². The van der Waals surface area contributed by atoms with Gasteiger partial charge in [-0.05, 0) is 62.7 Å². The third-order valence-corrected chi connectivity index (χ3v) is 9.59. The highest BCUT2D eigenvalue weighted by atomic mass is 16.6. The van der Waals surface area contributed by atoms with Crippen LogP contribution in [0.2, 0.25) is 0 Å². The van der Waals surface area contributed by atoms with Gasteiger partial charge in [-0.1, -0.05) is 66.2 Å². The molecular formula is C31H53N3O7. The monoisotopic (exact) mass is 579 g/mol. The first-order valence-corrected chi connectivity index (χ1v) is 15.5. The number of fused-ring (bicyclic) bond motifs is 1. The fourth-order valence-corrected chi connectivity index (χ4v) is 6.79. The lowest BCUT2D eigenvalue weighted by molar-refractivity contribution is -0.153. The van der Waals surface area contributed by atoms with Gasteiger partial charge in [-0.15, -0.1) is 0 Å². The van der Waals surface area contributed by atoms with Crippen LogP contribution < -0.4 is 10.6 Å². The second kappa shape index (κ2) is 13.3. The van der Waals surface area contributed by atoms with Crippen molar-refractivity contribution in [3.8, 4) is 0 Å². The topological polar surface area (TPSA) is 134 Å². The lowest BCUT2D eigenvalue weighted by Gasteiger charge is -2.37. The average molecular weight is 580 g/mol. The van der Waals surface area contributed by atoms with E-state index in [1.807, 2.05) is 6.92 Å². The van der Waals surface area contributed by atoms with Crippen molar-refractivity contribution >= 4 is 23.9 Å². The van der Waals surface area contributed by atoms with Gasteiger partial charge < -0.3 is 30.1 Å². The van der Waals surface area contributed by atoms with Gasteiger partial charge in [0.05, 0.1) is 13.2 Å². The predicted octanol–water partition coefficient (Wildman–Crippen LogP) is 3.79. The number of nitrogens with zero attached hydrogens (tertiary/aromatic N) is 1. The van der Waals surface area contributed by atoms with Crippen LogP contribution in [0.4, 0.5) is 4.79 Å². The molecule has 2 aliphatic carbocycles. The molecule has 3 aliphatic rings. The Kier molecular flexibility index (Phi) is 10.8. The lowest BCUT2D eigenvalue weighted by Crippen LogP contribution is -2.60. The van der Waals surface area contributed by atoms with E-state index >= 15 is 0 Å². The molecule has 0 spiro atoms. The number of esters is 1. The summed E-state index contributed by atoms with van der Waals surface area (Å²) < 4.78 is 10.3. The number of amides is 3. The Morgan fingerprint density at radius 2 is 1.76 bits per heavy atom. The first kappa shape index (κ1) is 33.1. The first-order valence-electron chi connectivity index (χ1n) is 15.5. The Morgan fingerprint density at radius 3 is 2.27 bits per heavy atom. The number of carbonyl (C=O) groups is 4. The Bertz CT molecular complexity index is 958. The van der Waals surface area contributed by atoms with E-state index in [-0.39, 0.29) is 35.0 Å². The highest BCUT2D eigenvalue weighted by Crippen LogP contribution is 2.65. The molecule has 3 N–H and O–H groups in total. The largest absolute Gasteiger partial charge is 0.467 e. The van der Waals surface area contributed by atoms with Gasteiger partial charge >= 0.3 is 12.1 Å². The molecular weight excluding hydrogens is 526 g/mol. The van der Waals surface area contributed by atoms with Crippen LogP contribution in [0.25, 0.3) is 0 Å². The van der Waals surface area contributed by atoms with Crippen LogP contribution in [-0.2, 0) is 23.9 Å². The molecule has 10 heteroatoms. The Balaban J connectivity index is 1.87. The van der Waals surface area contributed by atoms with E-state index in [4.69, 9.17) is 9.47 Å². The molecule has 2 saturated carbocycles. The van der Waals surface area contributed by atoms with Gasteiger partial charge in [-0.3, -0.25) is 9.59 Å². The summed E-state index contributed by atoms with van der Waals surface area (Å²) in [7, 11) is 1.21. The van der Waals surface area contributed by atoms with Crippen molar-refractivity contribution < 1.29 is 33.8 Å². The molecule has 0 aromatic heterocycles. The summed E-state index contributed by atoms with van der Waals surface area (Å²) >= 11 is 0. The maximum Gasteiger partial charge on any atom is 0.408 e. The van der Waals surface area contributed by atoms with Crippen LogP contribution in [0.1, 0.15) is 99.8 Å². The van der Waals surface area contributed by atoms with Crippen molar-refractivity contribution in [2.45, 2.75) is 130 Å². The number of unbranched alkanes of at least 4 members (excludes halogenated alkanes) is 1. The smallest absolute Gasteiger partial charge is 0.408 e. The van der Waals surface area contributed by atoms with Crippen molar-refractivity contribution in [1.82, 2.24) is 15.5 Å². The zero-order valence-corrected chi connectivity index (χ0v) is 26.3. The van der Waals surface area contributed by atoms with Crippen LogP contribution in [0.5, 0.6) is 0 Å². The van der Waals surface area contributed by atoms with E-state index in [0.29, 0.717) is 25.3 Å². The number of aliphatic hydroxyl groups is 1. The van der Waals surface area contributed by atoms with Crippen LogP contribution in [0, 0.1) is 29.1 Å². The van der Waals surface area contributed by atoms with E-state index in [9.17, 15) is 24.3 Å². The summed E-state index contributed by atoms with van der Waals surface area (Å²) in [4.78, 5) is 55.0. The van der Waals surface area contributed by atoms with Gasteiger partial charge in [-0.2, -0.15) is 0 Å². The molecule has 0 radical (unpaired) electrons. The number of rotatable bonds is 13. The number of hydrogen-bond donors (Lipinski definition) is 3. The molecule has 3 fully saturated rings. The van der Waals surface area contributed by atoms with Crippen molar-refractivity contribution in [3.63, 3.8) is 0 Å². The zero-order chi connectivity index (χ0) is 30.7. The van der Waals surface area contributed by atoms with E-state index in [2.05, 4.69) is 31.4 Å². The Hall–Kier alpha value is -2.36. The molecule has 0 aromatic carbocycles. The van der Waals surface area contributed by atoms with Crippen molar-refractivity contribution in [2.24, 2.45) is 29.1 Å². The fourth-order valence-electron chi connectivity index (χ4n) is 6.79. The lowest BCUT2D eigenvalue weighted by atomic mass is 9.80. The maximum absolute atomic E-state index is 14.3. The molecule has 10 nitrogen and oxygen atoms in total. The van der Waals surface area contributed by atoms with Gasteiger partial charge in [0.2, 0.25) is 11.8 Å². The van der Waals surface area contributed by atoms with Crippen LogP contribution in [0.15, 0.2) is 0 Å². The second-order valence-electron chi connectivity index (χ2n) is 13.9. The SMILES string of the molecule is CCCCC(CC)[C@H](NC(=O)OC(C)(C)C)C(=O)N1CC2C([C@H]1C(=O)NC(CC1CCC1)C(O)C(=O)OC)C2(C)C.